The first-order valence-electron chi connectivity index (χ1n) is 7.80. The molecule has 110 valence electrons. The highest BCUT2D eigenvalue weighted by Crippen LogP contribution is 2.44. The maximum Gasteiger partial charge on any atom is 0.0474 e. The first-order valence-corrected chi connectivity index (χ1v) is 9.02. The van der Waals surface area contributed by atoms with Crippen LogP contribution in [0, 0.1) is 0 Å². The molecule has 3 heteroatoms. The largest absolute Gasteiger partial charge is 0.311 e. The van der Waals surface area contributed by atoms with Gasteiger partial charge in [0.05, 0.1) is 0 Å². The maximum atomic E-state index is 3.65. The van der Waals surface area contributed by atoms with Gasteiger partial charge in [0.25, 0.3) is 0 Å². The van der Waals surface area contributed by atoms with Gasteiger partial charge in [-0.25, -0.2) is 0 Å². The Labute approximate surface area is 127 Å². The highest BCUT2D eigenvalue weighted by Gasteiger charge is 2.40. The lowest BCUT2D eigenvalue weighted by molar-refractivity contribution is 0.105. The molecule has 1 saturated heterocycles. The molecule has 2 unspecified atom stereocenters. The third kappa shape index (κ3) is 2.90. The predicted molar refractivity (Wildman–Crippen MR) is 88.3 cm³/mol. The fourth-order valence-corrected chi connectivity index (χ4v) is 4.52. The van der Waals surface area contributed by atoms with Gasteiger partial charge in [-0.3, -0.25) is 4.90 Å². The van der Waals surface area contributed by atoms with Crippen molar-refractivity contribution in [2.24, 2.45) is 0 Å². The van der Waals surface area contributed by atoms with Crippen LogP contribution in [0.4, 0.5) is 0 Å². The molecule has 0 spiro atoms. The molecule has 1 aliphatic carbocycles. The van der Waals surface area contributed by atoms with Gasteiger partial charge in [0.15, 0.2) is 0 Å². The number of nitrogens with zero attached hydrogens (tertiary/aromatic N) is 1. The van der Waals surface area contributed by atoms with E-state index in [4.69, 9.17) is 0 Å². The number of rotatable bonds is 4. The Hall–Kier alpha value is -0.510. The Morgan fingerprint density at radius 2 is 2.05 bits per heavy atom. The van der Waals surface area contributed by atoms with E-state index >= 15 is 0 Å². The lowest BCUT2D eigenvalue weighted by Crippen LogP contribution is -2.56. The van der Waals surface area contributed by atoms with Crippen LogP contribution >= 0.6 is 11.8 Å². The molecule has 1 saturated carbocycles. The van der Waals surface area contributed by atoms with Gasteiger partial charge in [0, 0.05) is 36.5 Å². The van der Waals surface area contributed by atoms with Crippen molar-refractivity contribution in [1.82, 2.24) is 10.2 Å². The molecule has 1 aromatic carbocycles. The molecule has 0 amide bonds. The lowest BCUT2D eigenvalue weighted by Gasteiger charge is -2.48. The van der Waals surface area contributed by atoms with Gasteiger partial charge in [-0.05, 0) is 31.6 Å². The molecule has 1 aliphatic heterocycles. The molecule has 0 bridgehead atoms. The van der Waals surface area contributed by atoms with E-state index in [0.29, 0.717) is 16.8 Å². The SMILES string of the molecule is CSC1(CN2CC(C)NCC2c2ccccc2)CCC1. The number of hydrogen-bond donors (Lipinski definition) is 1. The first-order chi connectivity index (χ1) is 9.72. The van der Waals surface area contributed by atoms with Crippen molar-refractivity contribution in [2.45, 2.75) is 43.0 Å². The highest BCUT2D eigenvalue weighted by atomic mass is 32.2. The molecule has 1 heterocycles. The average Bonchev–Trinajstić information content (AvgIpc) is 2.44. The van der Waals surface area contributed by atoms with Crippen molar-refractivity contribution in [2.75, 3.05) is 25.9 Å². The van der Waals surface area contributed by atoms with Gasteiger partial charge in [-0.15, -0.1) is 0 Å². The van der Waals surface area contributed by atoms with Crippen LogP contribution in [0.15, 0.2) is 30.3 Å². The van der Waals surface area contributed by atoms with Crippen LogP contribution in [-0.4, -0.2) is 41.6 Å². The summed E-state index contributed by atoms with van der Waals surface area (Å²) in [5.41, 5.74) is 1.46. The predicted octanol–water partition coefficient (Wildman–Crippen LogP) is 3.31. The molecule has 3 rings (SSSR count). The van der Waals surface area contributed by atoms with E-state index in [1.807, 2.05) is 0 Å². The van der Waals surface area contributed by atoms with Gasteiger partial charge >= 0.3 is 0 Å². The Balaban J connectivity index is 1.77. The molecule has 2 aliphatic rings. The van der Waals surface area contributed by atoms with Gasteiger partial charge < -0.3 is 5.32 Å². The van der Waals surface area contributed by atoms with Gasteiger partial charge in [0.1, 0.15) is 0 Å². The van der Waals surface area contributed by atoms with E-state index in [1.165, 1.54) is 37.9 Å². The summed E-state index contributed by atoms with van der Waals surface area (Å²) in [6.45, 7) is 5.80. The van der Waals surface area contributed by atoms with Crippen molar-refractivity contribution in [1.29, 1.82) is 0 Å². The quantitative estimate of drug-likeness (QED) is 0.916. The minimum atomic E-state index is 0.532. The molecule has 2 fully saturated rings. The summed E-state index contributed by atoms with van der Waals surface area (Å²) in [5.74, 6) is 0. The zero-order valence-electron chi connectivity index (χ0n) is 12.6. The molecule has 1 aromatic rings. The molecule has 2 nitrogen and oxygen atoms in total. The molecular formula is C17H26N2S. The minimum Gasteiger partial charge on any atom is -0.311 e. The number of hydrogen-bond acceptors (Lipinski definition) is 3. The van der Waals surface area contributed by atoms with Crippen molar-refractivity contribution in [3.8, 4) is 0 Å². The molecule has 0 aromatic heterocycles. The van der Waals surface area contributed by atoms with E-state index in [2.05, 4.69) is 65.5 Å². The average molecular weight is 290 g/mol. The zero-order valence-corrected chi connectivity index (χ0v) is 13.5. The molecule has 20 heavy (non-hydrogen) atoms. The topological polar surface area (TPSA) is 15.3 Å². The van der Waals surface area contributed by atoms with Crippen LogP contribution in [0.5, 0.6) is 0 Å². The number of benzene rings is 1. The fraction of sp³-hybridized carbons (Fsp3) is 0.647. The Morgan fingerprint density at radius 3 is 2.65 bits per heavy atom. The monoisotopic (exact) mass is 290 g/mol. The van der Waals surface area contributed by atoms with E-state index in [0.717, 1.165) is 6.54 Å². The van der Waals surface area contributed by atoms with E-state index in [-0.39, 0.29) is 0 Å². The Bertz CT molecular complexity index is 424. The van der Waals surface area contributed by atoms with E-state index in [1.54, 1.807) is 0 Å². The Morgan fingerprint density at radius 1 is 1.30 bits per heavy atom. The maximum absolute atomic E-state index is 3.65. The summed E-state index contributed by atoms with van der Waals surface area (Å²) in [7, 11) is 0. The molecule has 0 radical (unpaired) electrons. The summed E-state index contributed by atoms with van der Waals surface area (Å²) >= 11 is 2.09. The van der Waals surface area contributed by atoms with Crippen molar-refractivity contribution in [3.05, 3.63) is 35.9 Å². The van der Waals surface area contributed by atoms with Crippen molar-refractivity contribution < 1.29 is 0 Å². The van der Waals surface area contributed by atoms with Crippen molar-refractivity contribution in [3.63, 3.8) is 0 Å². The fourth-order valence-electron chi connectivity index (χ4n) is 3.53. The van der Waals surface area contributed by atoms with Gasteiger partial charge in [-0.1, -0.05) is 36.8 Å². The van der Waals surface area contributed by atoms with Crippen LogP contribution in [0.25, 0.3) is 0 Å². The second kappa shape index (κ2) is 6.08. The van der Waals surface area contributed by atoms with Crippen LogP contribution in [-0.2, 0) is 0 Å². The summed E-state index contributed by atoms with van der Waals surface area (Å²) < 4.78 is 0.532. The van der Waals surface area contributed by atoms with E-state index in [9.17, 15) is 0 Å². The second-order valence-corrected chi connectivity index (χ2v) is 7.68. The molecular weight excluding hydrogens is 264 g/mol. The standard InChI is InChI=1S/C17H26N2S/c1-14-12-19(13-17(20-2)9-6-10-17)16(11-18-14)15-7-4-3-5-8-15/h3-5,7-8,14,16,18H,6,9-13H2,1-2H3. The third-order valence-corrected chi connectivity index (χ3v) is 6.39. The van der Waals surface area contributed by atoms with Crippen molar-refractivity contribution >= 4 is 11.8 Å². The summed E-state index contributed by atoms with van der Waals surface area (Å²) in [6, 6.07) is 12.1. The normalized spacial score (nSPS) is 29.9. The van der Waals surface area contributed by atoms with Crippen LogP contribution < -0.4 is 5.32 Å². The van der Waals surface area contributed by atoms with Crippen LogP contribution in [0.2, 0.25) is 0 Å². The van der Waals surface area contributed by atoms with Gasteiger partial charge in [-0.2, -0.15) is 11.8 Å². The lowest BCUT2D eigenvalue weighted by atomic mass is 9.83. The number of piperazine rings is 1. The zero-order chi connectivity index (χ0) is 14.0. The minimum absolute atomic E-state index is 0.532. The summed E-state index contributed by atoms with van der Waals surface area (Å²) in [5, 5.41) is 3.65. The van der Waals surface area contributed by atoms with Gasteiger partial charge in [0.2, 0.25) is 0 Å². The summed E-state index contributed by atoms with van der Waals surface area (Å²) in [4.78, 5) is 2.73. The highest BCUT2D eigenvalue weighted by molar-refractivity contribution is 8.00. The van der Waals surface area contributed by atoms with E-state index < -0.39 is 0 Å². The Kier molecular flexibility index (Phi) is 4.39. The summed E-state index contributed by atoms with van der Waals surface area (Å²) in [6.07, 6.45) is 6.50. The molecule has 2 atom stereocenters. The first kappa shape index (κ1) is 14.4. The smallest absolute Gasteiger partial charge is 0.0474 e. The number of thioether (sulfide) groups is 1. The van der Waals surface area contributed by atoms with Crippen LogP contribution in [0.3, 0.4) is 0 Å². The second-order valence-electron chi connectivity index (χ2n) is 6.41. The molecule has 1 N–H and O–H groups in total. The van der Waals surface area contributed by atoms with Crippen LogP contribution in [0.1, 0.15) is 37.8 Å². The third-order valence-electron chi connectivity index (χ3n) is 4.98. The number of nitrogens with one attached hydrogen (secondary N) is 1.